The number of halogens is 3. The van der Waals surface area contributed by atoms with Gasteiger partial charge in [0.05, 0.1) is 0 Å². The van der Waals surface area contributed by atoms with E-state index in [1.54, 1.807) is 6.92 Å². The highest BCUT2D eigenvalue weighted by molar-refractivity contribution is 5.75. The Balaban J connectivity index is 2.28. The number of hydrogen-bond donors (Lipinski definition) is 2. The topological polar surface area (TPSA) is 41.1 Å². The van der Waals surface area contributed by atoms with E-state index in [0.29, 0.717) is 25.8 Å². The molecular weight excluding hydrogens is 233 g/mol. The fourth-order valence-corrected chi connectivity index (χ4v) is 2.02. The van der Waals surface area contributed by atoms with Gasteiger partial charge in [0, 0.05) is 19.0 Å². The smallest absolute Gasteiger partial charge is 0.356 e. The van der Waals surface area contributed by atoms with Crippen LogP contribution >= 0.6 is 0 Å². The van der Waals surface area contributed by atoms with E-state index in [0.717, 1.165) is 6.42 Å². The van der Waals surface area contributed by atoms with Crippen LogP contribution in [0.15, 0.2) is 0 Å². The monoisotopic (exact) mass is 252 g/mol. The maximum Gasteiger partial charge on any atom is 0.403 e. The van der Waals surface area contributed by atoms with E-state index >= 15 is 0 Å². The van der Waals surface area contributed by atoms with Crippen molar-refractivity contribution in [3.05, 3.63) is 0 Å². The molecule has 0 aromatic heterocycles. The molecular formula is C11H19F3N2O. The number of hydrogen-bond acceptors (Lipinski definition) is 2. The third-order valence-electron chi connectivity index (χ3n) is 3.01. The maximum absolute atomic E-state index is 12.5. The van der Waals surface area contributed by atoms with Crippen LogP contribution in [-0.4, -0.2) is 30.7 Å². The van der Waals surface area contributed by atoms with Crippen molar-refractivity contribution in [1.82, 2.24) is 10.6 Å². The van der Waals surface area contributed by atoms with Crippen LogP contribution in [0.25, 0.3) is 0 Å². The van der Waals surface area contributed by atoms with Gasteiger partial charge in [-0.25, -0.2) is 0 Å². The van der Waals surface area contributed by atoms with E-state index < -0.39 is 12.2 Å². The molecule has 1 fully saturated rings. The Morgan fingerprint density at radius 1 is 1.41 bits per heavy atom. The minimum atomic E-state index is -4.16. The number of nitrogens with one attached hydrogen (secondary N) is 2. The van der Waals surface area contributed by atoms with Crippen molar-refractivity contribution in [1.29, 1.82) is 0 Å². The van der Waals surface area contributed by atoms with Crippen LogP contribution in [0.3, 0.4) is 0 Å². The molecule has 0 saturated carbocycles. The fraction of sp³-hybridized carbons (Fsp3) is 0.909. The van der Waals surface area contributed by atoms with Gasteiger partial charge in [-0.15, -0.1) is 0 Å². The SMILES string of the molecule is CCC(=O)NCCC1CCCC(C(F)(F)F)N1. The van der Waals surface area contributed by atoms with Crippen molar-refractivity contribution < 1.29 is 18.0 Å². The quantitative estimate of drug-likeness (QED) is 0.803. The molecule has 0 aromatic rings. The summed E-state index contributed by atoms with van der Waals surface area (Å²) in [4.78, 5) is 11.0. The maximum atomic E-state index is 12.5. The predicted octanol–water partition coefficient (Wildman–Crippen LogP) is 1.98. The van der Waals surface area contributed by atoms with E-state index in [4.69, 9.17) is 0 Å². The van der Waals surface area contributed by atoms with Crippen LogP contribution in [0, 0.1) is 0 Å². The van der Waals surface area contributed by atoms with Crippen molar-refractivity contribution >= 4 is 5.91 Å². The summed E-state index contributed by atoms with van der Waals surface area (Å²) in [6.07, 6.45) is -1.72. The zero-order chi connectivity index (χ0) is 12.9. The first-order chi connectivity index (χ1) is 7.93. The number of carbonyl (C=O) groups excluding carboxylic acids is 1. The van der Waals surface area contributed by atoms with Gasteiger partial charge in [-0.05, 0) is 19.3 Å². The van der Waals surface area contributed by atoms with Crippen molar-refractivity contribution in [2.24, 2.45) is 0 Å². The summed E-state index contributed by atoms with van der Waals surface area (Å²) in [5, 5.41) is 5.28. The predicted molar refractivity (Wildman–Crippen MR) is 58.5 cm³/mol. The first-order valence-electron chi connectivity index (χ1n) is 6.03. The van der Waals surface area contributed by atoms with Crippen molar-refractivity contribution in [3.8, 4) is 0 Å². The molecule has 3 nitrogen and oxygen atoms in total. The Kier molecular flexibility index (Phi) is 5.24. The highest BCUT2D eigenvalue weighted by Crippen LogP contribution is 2.28. The van der Waals surface area contributed by atoms with Gasteiger partial charge in [-0.3, -0.25) is 4.79 Å². The summed E-state index contributed by atoms with van der Waals surface area (Å²) >= 11 is 0. The Bertz CT molecular complexity index is 256. The Hall–Kier alpha value is -0.780. The van der Waals surface area contributed by atoms with Gasteiger partial charge in [0.15, 0.2) is 0 Å². The van der Waals surface area contributed by atoms with E-state index in [2.05, 4.69) is 10.6 Å². The average molecular weight is 252 g/mol. The van der Waals surface area contributed by atoms with Gasteiger partial charge in [-0.1, -0.05) is 13.3 Å². The zero-order valence-corrected chi connectivity index (χ0v) is 9.94. The molecule has 2 unspecified atom stereocenters. The van der Waals surface area contributed by atoms with Gasteiger partial charge in [0.2, 0.25) is 5.91 Å². The highest BCUT2D eigenvalue weighted by Gasteiger charge is 2.41. The Morgan fingerprint density at radius 2 is 2.12 bits per heavy atom. The molecule has 17 heavy (non-hydrogen) atoms. The first kappa shape index (κ1) is 14.3. The number of rotatable bonds is 4. The highest BCUT2D eigenvalue weighted by atomic mass is 19.4. The molecule has 1 aliphatic heterocycles. The molecule has 2 N–H and O–H groups in total. The lowest BCUT2D eigenvalue weighted by Crippen LogP contribution is -2.51. The first-order valence-corrected chi connectivity index (χ1v) is 6.03. The second kappa shape index (κ2) is 6.23. The minimum absolute atomic E-state index is 0.0619. The summed E-state index contributed by atoms with van der Waals surface area (Å²) in [6, 6.07) is -1.53. The number of alkyl halides is 3. The van der Waals surface area contributed by atoms with E-state index in [9.17, 15) is 18.0 Å². The molecule has 2 atom stereocenters. The second-order valence-corrected chi connectivity index (χ2v) is 4.38. The molecule has 1 amide bonds. The van der Waals surface area contributed by atoms with Gasteiger partial charge >= 0.3 is 6.18 Å². The standard InChI is InChI=1S/C11H19F3N2O/c1-2-10(17)15-7-6-8-4-3-5-9(16-8)11(12,13)14/h8-9,16H,2-7H2,1H3,(H,15,17). The normalized spacial score (nSPS) is 25.6. The molecule has 1 heterocycles. The largest absolute Gasteiger partial charge is 0.403 e. The molecule has 1 rings (SSSR count). The average Bonchev–Trinajstić information content (AvgIpc) is 2.28. The van der Waals surface area contributed by atoms with Crippen molar-refractivity contribution in [2.45, 2.75) is 57.3 Å². The van der Waals surface area contributed by atoms with Gasteiger partial charge in [0.1, 0.15) is 6.04 Å². The minimum Gasteiger partial charge on any atom is -0.356 e. The summed E-state index contributed by atoms with van der Waals surface area (Å²) in [7, 11) is 0. The van der Waals surface area contributed by atoms with E-state index in [1.165, 1.54) is 0 Å². The van der Waals surface area contributed by atoms with E-state index in [1.807, 2.05) is 0 Å². The number of amides is 1. The molecule has 0 spiro atoms. The van der Waals surface area contributed by atoms with Crippen LogP contribution < -0.4 is 10.6 Å². The Morgan fingerprint density at radius 3 is 2.71 bits per heavy atom. The summed E-state index contributed by atoms with van der Waals surface area (Å²) in [5.41, 5.74) is 0. The van der Waals surface area contributed by atoms with Crippen LogP contribution in [0.4, 0.5) is 13.2 Å². The van der Waals surface area contributed by atoms with Crippen LogP contribution in [-0.2, 0) is 4.79 Å². The van der Waals surface area contributed by atoms with E-state index in [-0.39, 0.29) is 18.4 Å². The van der Waals surface area contributed by atoms with Crippen LogP contribution in [0.1, 0.15) is 39.0 Å². The number of carbonyl (C=O) groups is 1. The van der Waals surface area contributed by atoms with Gasteiger partial charge in [0.25, 0.3) is 0 Å². The molecule has 6 heteroatoms. The van der Waals surface area contributed by atoms with Crippen molar-refractivity contribution in [2.75, 3.05) is 6.54 Å². The van der Waals surface area contributed by atoms with Gasteiger partial charge in [-0.2, -0.15) is 13.2 Å². The molecule has 100 valence electrons. The lowest BCUT2D eigenvalue weighted by Gasteiger charge is -2.32. The van der Waals surface area contributed by atoms with Crippen molar-refractivity contribution in [3.63, 3.8) is 0 Å². The Labute approximate surface area is 99.1 Å². The summed E-state index contributed by atoms with van der Waals surface area (Å²) in [6.45, 7) is 2.18. The molecule has 0 aliphatic carbocycles. The molecule has 0 radical (unpaired) electrons. The summed E-state index contributed by atoms with van der Waals surface area (Å²) in [5.74, 6) is -0.0619. The summed E-state index contributed by atoms with van der Waals surface area (Å²) < 4.78 is 37.5. The number of piperidine rings is 1. The molecule has 1 aliphatic rings. The van der Waals surface area contributed by atoms with Gasteiger partial charge < -0.3 is 10.6 Å². The molecule has 0 aromatic carbocycles. The molecule has 1 saturated heterocycles. The van der Waals surface area contributed by atoms with Crippen LogP contribution in [0.2, 0.25) is 0 Å². The fourth-order valence-electron chi connectivity index (χ4n) is 2.02. The second-order valence-electron chi connectivity index (χ2n) is 4.38. The lowest BCUT2D eigenvalue weighted by atomic mass is 9.96. The lowest BCUT2D eigenvalue weighted by molar-refractivity contribution is -0.163. The zero-order valence-electron chi connectivity index (χ0n) is 9.94. The third-order valence-corrected chi connectivity index (χ3v) is 3.01. The van der Waals surface area contributed by atoms with Crippen LogP contribution in [0.5, 0.6) is 0 Å². The third kappa shape index (κ3) is 4.93. The molecule has 0 bridgehead atoms.